The summed E-state index contributed by atoms with van der Waals surface area (Å²) in [6.07, 6.45) is 1.83. The summed E-state index contributed by atoms with van der Waals surface area (Å²) in [6.45, 7) is 4.13. The average molecular weight is 573 g/mol. The number of hydrogen-bond donors (Lipinski definition) is 5. The molecule has 2 heterocycles. The number of piperidine rings is 1. The third-order valence-corrected chi connectivity index (χ3v) is 8.63. The van der Waals surface area contributed by atoms with Gasteiger partial charge in [0, 0.05) is 50.6 Å². The first-order chi connectivity index (χ1) is 19.2. The zero-order chi connectivity index (χ0) is 28.7. The number of ether oxygens (including phenoxy) is 1. The van der Waals surface area contributed by atoms with Crippen LogP contribution in [0.1, 0.15) is 30.1 Å². The van der Waals surface area contributed by atoms with E-state index in [0.717, 1.165) is 44.1 Å². The summed E-state index contributed by atoms with van der Waals surface area (Å²) in [5, 5.41) is 18.9. The number of nitrogens with one attached hydrogen (secondary N) is 4. The molecule has 0 radical (unpaired) electrons. The Morgan fingerprint density at radius 3 is 2.52 bits per heavy atom. The molecule has 2 aliphatic heterocycles. The second kappa shape index (κ2) is 13.1. The third-order valence-electron chi connectivity index (χ3n) is 7.15. The quantitative estimate of drug-likeness (QED) is 0.277. The predicted octanol–water partition coefficient (Wildman–Crippen LogP) is 0.769. The molecule has 2 unspecified atom stereocenters. The molecule has 40 heavy (non-hydrogen) atoms. The van der Waals surface area contributed by atoms with Gasteiger partial charge in [0.05, 0.1) is 17.0 Å². The molecule has 4 rings (SSSR count). The highest BCUT2D eigenvalue weighted by Crippen LogP contribution is 2.27. The minimum absolute atomic E-state index is 0.00121. The molecule has 0 aromatic heterocycles. The van der Waals surface area contributed by atoms with Gasteiger partial charge in [0.25, 0.3) is 5.91 Å². The van der Waals surface area contributed by atoms with Crippen LogP contribution >= 0.6 is 0 Å². The summed E-state index contributed by atoms with van der Waals surface area (Å²) >= 11 is 0. The number of rotatable bonds is 10. The summed E-state index contributed by atoms with van der Waals surface area (Å²) in [5.41, 5.74) is 1.26. The molecule has 0 aliphatic carbocycles. The van der Waals surface area contributed by atoms with Gasteiger partial charge in [-0.25, -0.2) is 8.42 Å². The molecule has 1 fully saturated rings. The number of anilines is 1. The molecule has 1 saturated heterocycles. The normalized spacial score (nSPS) is 22.0. The maximum Gasteiger partial charge on any atom is 0.323 e. The zero-order valence-electron chi connectivity index (χ0n) is 22.5. The van der Waals surface area contributed by atoms with Crippen molar-refractivity contribution in [3.63, 3.8) is 0 Å². The summed E-state index contributed by atoms with van der Waals surface area (Å²) in [6, 6.07) is 13.0. The summed E-state index contributed by atoms with van der Waals surface area (Å²) < 4.78 is 33.0. The van der Waals surface area contributed by atoms with Crippen molar-refractivity contribution in [2.75, 3.05) is 38.2 Å². The van der Waals surface area contributed by atoms with E-state index in [1.165, 1.54) is 24.3 Å². The molecular weight excluding hydrogens is 536 g/mol. The highest BCUT2D eigenvalue weighted by Gasteiger charge is 2.36. The Labute approximate surface area is 234 Å². The van der Waals surface area contributed by atoms with Gasteiger partial charge in [-0.3, -0.25) is 14.6 Å². The van der Waals surface area contributed by atoms with Crippen LogP contribution in [0.2, 0.25) is 0 Å². The number of carboxylic acids is 1. The second-order valence-electron chi connectivity index (χ2n) is 9.76. The Bertz CT molecular complexity index is 1300. The zero-order valence-corrected chi connectivity index (χ0v) is 23.4. The van der Waals surface area contributed by atoms with Crippen LogP contribution in [0.4, 0.5) is 5.69 Å². The van der Waals surface area contributed by atoms with Crippen molar-refractivity contribution in [3.05, 3.63) is 60.2 Å². The van der Waals surface area contributed by atoms with Crippen LogP contribution < -0.4 is 25.6 Å². The standard InChI is InChI=1S/C27H36N6O6S/c1-18-24(31-27-28-14-6-15-29-27)23(39-2)13-16-33(18)20-11-9-19(10-12-20)25(34)30-17-22(26(35)36)32-40(37,38)21-7-4-3-5-8-21/h3-5,7-12,18,22-24,32H,6,13-17H2,1-2H3,(H,30,34)(H,35,36)(H2,28,29,31)/t18-,22?,23+,24?/m1/s1. The summed E-state index contributed by atoms with van der Waals surface area (Å²) in [7, 11) is -2.36. The highest BCUT2D eigenvalue weighted by molar-refractivity contribution is 7.89. The molecule has 2 aliphatic rings. The summed E-state index contributed by atoms with van der Waals surface area (Å²) in [4.78, 5) is 31.2. The molecule has 2 aromatic rings. The van der Waals surface area contributed by atoms with E-state index in [-0.39, 0.29) is 23.1 Å². The minimum atomic E-state index is -4.07. The number of benzene rings is 2. The Balaban J connectivity index is 1.38. The maximum absolute atomic E-state index is 12.8. The Kier molecular flexibility index (Phi) is 9.61. The minimum Gasteiger partial charge on any atom is -0.480 e. The van der Waals surface area contributed by atoms with Gasteiger partial charge in [-0.05, 0) is 56.2 Å². The molecule has 12 nitrogen and oxygen atoms in total. The first kappa shape index (κ1) is 29.3. The van der Waals surface area contributed by atoms with Gasteiger partial charge in [-0.15, -0.1) is 0 Å². The van der Waals surface area contributed by atoms with E-state index in [1.807, 2.05) is 12.1 Å². The molecule has 0 spiro atoms. The molecule has 1 amide bonds. The molecule has 5 N–H and O–H groups in total. The van der Waals surface area contributed by atoms with Crippen molar-refractivity contribution in [3.8, 4) is 0 Å². The van der Waals surface area contributed by atoms with E-state index in [1.54, 1.807) is 25.3 Å². The Morgan fingerprint density at radius 1 is 1.18 bits per heavy atom. The molecular formula is C27H36N6O6S. The molecule has 13 heteroatoms. The van der Waals surface area contributed by atoms with Gasteiger partial charge in [-0.2, -0.15) is 4.72 Å². The van der Waals surface area contributed by atoms with E-state index < -0.39 is 34.5 Å². The lowest BCUT2D eigenvalue weighted by molar-refractivity contribution is -0.138. The molecule has 2 aromatic carbocycles. The maximum atomic E-state index is 12.8. The van der Waals surface area contributed by atoms with Crippen molar-refractivity contribution >= 4 is 33.5 Å². The number of methoxy groups -OCH3 is 1. The lowest BCUT2D eigenvalue weighted by atomic mass is 9.93. The number of guanidine groups is 1. The van der Waals surface area contributed by atoms with Crippen molar-refractivity contribution in [2.24, 2.45) is 4.99 Å². The van der Waals surface area contributed by atoms with E-state index in [4.69, 9.17) is 4.74 Å². The van der Waals surface area contributed by atoms with Gasteiger partial charge >= 0.3 is 5.97 Å². The van der Waals surface area contributed by atoms with E-state index in [2.05, 4.69) is 37.5 Å². The fourth-order valence-electron chi connectivity index (χ4n) is 4.92. The third kappa shape index (κ3) is 7.09. The number of carbonyl (C=O) groups excluding carboxylic acids is 1. The topological polar surface area (TPSA) is 161 Å². The van der Waals surface area contributed by atoms with Gasteiger partial charge in [0.2, 0.25) is 10.0 Å². The summed E-state index contributed by atoms with van der Waals surface area (Å²) in [5.74, 6) is -1.13. The monoisotopic (exact) mass is 572 g/mol. The average Bonchev–Trinajstić information content (AvgIpc) is 2.97. The van der Waals surface area contributed by atoms with Crippen molar-refractivity contribution < 1.29 is 27.9 Å². The number of aliphatic imine (C=N–C) groups is 1. The first-order valence-electron chi connectivity index (χ1n) is 13.2. The number of carbonyl (C=O) groups is 2. The second-order valence-corrected chi connectivity index (χ2v) is 11.5. The van der Waals surface area contributed by atoms with Crippen LogP contribution in [-0.4, -0.2) is 88.9 Å². The van der Waals surface area contributed by atoms with E-state index >= 15 is 0 Å². The number of amides is 1. The molecule has 0 bridgehead atoms. The van der Waals surface area contributed by atoms with Crippen LogP contribution in [0.3, 0.4) is 0 Å². The van der Waals surface area contributed by atoms with Crippen molar-refractivity contribution in [1.29, 1.82) is 0 Å². The fraction of sp³-hybridized carbons (Fsp3) is 0.444. The smallest absolute Gasteiger partial charge is 0.323 e. The van der Waals surface area contributed by atoms with Gasteiger partial charge in [-0.1, -0.05) is 18.2 Å². The van der Waals surface area contributed by atoms with E-state index in [0.29, 0.717) is 5.56 Å². The lowest BCUT2D eigenvalue weighted by Crippen LogP contribution is -2.63. The number of hydrogen-bond acceptors (Lipinski definition) is 9. The van der Waals surface area contributed by atoms with Crippen molar-refractivity contribution in [2.45, 2.75) is 48.9 Å². The van der Waals surface area contributed by atoms with Crippen molar-refractivity contribution in [1.82, 2.24) is 20.7 Å². The van der Waals surface area contributed by atoms with Crippen LogP contribution in [0.5, 0.6) is 0 Å². The molecule has 0 saturated carbocycles. The van der Waals surface area contributed by atoms with Gasteiger partial charge < -0.3 is 30.7 Å². The van der Waals surface area contributed by atoms with Crippen LogP contribution in [0.15, 0.2) is 64.5 Å². The molecule has 4 atom stereocenters. The van der Waals surface area contributed by atoms with Crippen LogP contribution in [0.25, 0.3) is 0 Å². The number of aliphatic carboxylic acids is 1. The number of sulfonamides is 1. The Hall–Kier alpha value is -3.68. The SMILES string of the molecule is CO[C@H]1CCN(c2ccc(C(=O)NCC(NS(=O)(=O)c3ccccc3)C(=O)O)cc2)[C@H](C)C1NC1=NCCCN1. The molecule has 216 valence electrons. The predicted molar refractivity (Wildman–Crippen MR) is 151 cm³/mol. The number of nitrogens with zero attached hydrogens (tertiary/aromatic N) is 2. The Morgan fingerprint density at radius 2 is 1.90 bits per heavy atom. The van der Waals surface area contributed by atoms with Gasteiger partial charge in [0.1, 0.15) is 6.04 Å². The van der Waals surface area contributed by atoms with Crippen LogP contribution in [0, 0.1) is 0 Å². The largest absolute Gasteiger partial charge is 0.480 e. The highest BCUT2D eigenvalue weighted by atomic mass is 32.2. The van der Waals surface area contributed by atoms with Crippen LogP contribution in [-0.2, 0) is 19.6 Å². The van der Waals surface area contributed by atoms with E-state index in [9.17, 15) is 23.1 Å². The number of carboxylic acid groups (broad SMARTS) is 1. The lowest BCUT2D eigenvalue weighted by Gasteiger charge is -2.45. The fourth-order valence-corrected chi connectivity index (χ4v) is 6.13. The first-order valence-corrected chi connectivity index (χ1v) is 14.7. The van der Waals surface area contributed by atoms with Gasteiger partial charge in [0.15, 0.2) is 5.96 Å².